The predicted octanol–water partition coefficient (Wildman–Crippen LogP) is 0.972. The standard InChI is InChI=1S/C16H17ClN2O5S/c1-18(10-6-8-25(23,24)9-10)13(20)5-7-19-15(21)11-3-2-4-12(17)14(11)16(19)22/h2-4,10H,5-9H2,1H3. The Labute approximate surface area is 150 Å². The molecule has 1 aromatic carbocycles. The fraction of sp³-hybridized carbons (Fsp3) is 0.438. The molecule has 2 aliphatic rings. The molecule has 1 atom stereocenters. The van der Waals surface area contributed by atoms with Gasteiger partial charge in [-0.25, -0.2) is 8.42 Å². The molecule has 0 aromatic heterocycles. The molecule has 0 saturated carbocycles. The molecule has 3 amide bonds. The molecule has 1 unspecified atom stereocenters. The van der Waals surface area contributed by atoms with E-state index < -0.39 is 21.7 Å². The molecule has 1 saturated heterocycles. The van der Waals surface area contributed by atoms with Crippen LogP contribution in [0.5, 0.6) is 0 Å². The van der Waals surface area contributed by atoms with E-state index in [9.17, 15) is 22.8 Å². The maximum absolute atomic E-state index is 12.4. The van der Waals surface area contributed by atoms with Crippen molar-refractivity contribution >= 4 is 39.2 Å². The van der Waals surface area contributed by atoms with Gasteiger partial charge in [0.1, 0.15) is 0 Å². The van der Waals surface area contributed by atoms with E-state index in [1.165, 1.54) is 17.0 Å². The summed E-state index contributed by atoms with van der Waals surface area (Å²) in [5, 5.41) is 0.206. The van der Waals surface area contributed by atoms with E-state index in [0.29, 0.717) is 6.42 Å². The van der Waals surface area contributed by atoms with Gasteiger partial charge in [-0.2, -0.15) is 0 Å². The molecule has 1 aromatic rings. The molecular formula is C16H17ClN2O5S. The lowest BCUT2D eigenvalue weighted by Gasteiger charge is -2.24. The SMILES string of the molecule is CN(C(=O)CCN1C(=O)c2cccc(Cl)c2C1=O)C1CCS(=O)(=O)C1. The summed E-state index contributed by atoms with van der Waals surface area (Å²) >= 11 is 5.99. The van der Waals surface area contributed by atoms with Crippen LogP contribution in [0.15, 0.2) is 18.2 Å². The molecule has 9 heteroatoms. The molecule has 0 N–H and O–H groups in total. The molecule has 0 radical (unpaired) electrons. The normalized spacial score (nSPS) is 21.5. The van der Waals surface area contributed by atoms with Crippen molar-refractivity contribution in [2.24, 2.45) is 0 Å². The Balaban J connectivity index is 1.65. The van der Waals surface area contributed by atoms with Crippen LogP contribution in [0.1, 0.15) is 33.6 Å². The van der Waals surface area contributed by atoms with Crippen LogP contribution in [0.2, 0.25) is 5.02 Å². The number of benzene rings is 1. The Morgan fingerprint density at radius 3 is 2.64 bits per heavy atom. The summed E-state index contributed by atoms with van der Waals surface area (Å²) in [5.41, 5.74) is 0.400. The van der Waals surface area contributed by atoms with Crippen molar-refractivity contribution in [3.63, 3.8) is 0 Å². The topological polar surface area (TPSA) is 91.8 Å². The minimum Gasteiger partial charge on any atom is -0.342 e. The second kappa shape index (κ2) is 6.42. The Bertz CT molecular complexity index is 867. The highest BCUT2D eigenvalue weighted by molar-refractivity contribution is 7.91. The van der Waals surface area contributed by atoms with Gasteiger partial charge in [-0.3, -0.25) is 19.3 Å². The van der Waals surface area contributed by atoms with Gasteiger partial charge < -0.3 is 4.90 Å². The monoisotopic (exact) mass is 384 g/mol. The first-order valence-electron chi connectivity index (χ1n) is 7.82. The molecule has 134 valence electrons. The highest BCUT2D eigenvalue weighted by atomic mass is 35.5. The molecule has 2 heterocycles. The summed E-state index contributed by atoms with van der Waals surface area (Å²) in [6.45, 7) is -0.0642. The van der Waals surface area contributed by atoms with Gasteiger partial charge in [-0.1, -0.05) is 17.7 Å². The lowest BCUT2D eigenvalue weighted by molar-refractivity contribution is -0.131. The molecular weight excluding hydrogens is 368 g/mol. The van der Waals surface area contributed by atoms with Gasteiger partial charge in [0.25, 0.3) is 11.8 Å². The van der Waals surface area contributed by atoms with E-state index in [0.717, 1.165) is 4.90 Å². The van der Waals surface area contributed by atoms with E-state index in [4.69, 9.17) is 11.6 Å². The van der Waals surface area contributed by atoms with E-state index in [2.05, 4.69) is 0 Å². The van der Waals surface area contributed by atoms with Crippen LogP contribution < -0.4 is 0 Å². The van der Waals surface area contributed by atoms with Crippen molar-refractivity contribution in [1.82, 2.24) is 9.80 Å². The van der Waals surface area contributed by atoms with Gasteiger partial charge in [-0.05, 0) is 18.6 Å². The Hall–Kier alpha value is -1.93. The van der Waals surface area contributed by atoms with Gasteiger partial charge >= 0.3 is 0 Å². The van der Waals surface area contributed by atoms with Gasteiger partial charge in [0.2, 0.25) is 5.91 Å². The third kappa shape index (κ3) is 3.28. The minimum absolute atomic E-state index is 0.0438. The van der Waals surface area contributed by atoms with Gasteiger partial charge in [0.05, 0.1) is 27.7 Å². The maximum atomic E-state index is 12.4. The number of halogens is 1. The Kier molecular flexibility index (Phi) is 4.59. The zero-order valence-electron chi connectivity index (χ0n) is 13.6. The summed E-state index contributed by atoms with van der Waals surface area (Å²) in [6.07, 6.45) is 0.351. The minimum atomic E-state index is -3.09. The molecule has 3 rings (SSSR count). The summed E-state index contributed by atoms with van der Waals surface area (Å²) in [5.74, 6) is -1.25. The first-order valence-corrected chi connectivity index (χ1v) is 10.0. The summed E-state index contributed by atoms with van der Waals surface area (Å²) in [4.78, 5) is 39.4. The summed E-state index contributed by atoms with van der Waals surface area (Å²) in [7, 11) is -1.54. The molecule has 0 aliphatic carbocycles. The van der Waals surface area contributed by atoms with E-state index >= 15 is 0 Å². The van der Waals surface area contributed by atoms with Crippen molar-refractivity contribution in [2.75, 3.05) is 25.1 Å². The highest BCUT2D eigenvalue weighted by Crippen LogP contribution is 2.29. The number of sulfone groups is 1. The second-order valence-electron chi connectivity index (χ2n) is 6.24. The maximum Gasteiger partial charge on any atom is 0.263 e. The largest absolute Gasteiger partial charge is 0.342 e. The molecule has 0 spiro atoms. The average molecular weight is 385 g/mol. The smallest absolute Gasteiger partial charge is 0.263 e. The third-order valence-electron chi connectivity index (χ3n) is 4.65. The van der Waals surface area contributed by atoms with Crippen LogP contribution in [0.4, 0.5) is 0 Å². The molecule has 1 fully saturated rings. The van der Waals surface area contributed by atoms with Gasteiger partial charge in [0, 0.05) is 26.1 Å². The fourth-order valence-electron chi connectivity index (χ4n) is 3.16. The number of nitrogens with zero attached hydrogens (tertiary/aromatic N) is 2. The van der Waals surface area contributed by atoms with Crippen molar-refractivity contribution in [2.45, 2.75) is 18.9 Å². The fourth-order valence-corrected chi connectivity index (χ4v) is 5.19. The number of imide groups is 1. The number of fused-ring (bicyclic) bond motifs is 1. The van der Waals surface area contributed by atoms with Crippen LogP contribution in [0.25, 0.3) is 0 Å². The van der Waals surface area contributed by atoms with Crippen LogP contribution >= 0.6 is 11.6 Å². The lowest BCUT2D eigenvalue weighted by atomic mass is 10.1. The van der Waals surface area contributed by atoms with Crippen LogP contribution in [0, 0.1) is 0 Å². The molecule has 0 bridgehead atoms. The number of hydrogen-bond acceptors (Lipinski definition) is 5. The second-order valence-corrected chi connectivity index (χ2v) is 8.87. The van der Waals surface area contributed by atoms with Crippen molar-refractivity contribution in [1.29, 1.82) is 0 Å². The van der Waals surface area contributed by atoms with E-state index in [-0.39, 0.29) is 52.6 Å². The van der Waals surface area contributed by atoms with Gasteiger partial charge in [0.15, 0.2) is 9.84 Å². The average Bonchev–Trinajstić information content (AvgIpc) is 3.03. The third-order valence-corrected chi connectivity index (χ3v) is 6.71. The number of carbonyl (C=O) groups excluding carboxylic acids is 3. The van der Waals surface area contributed by atoms with E-state index in [1.54, 1.807) is 13.1 Å². The Morgan fingerprint density at radius 1 is 1.32 bits per heavy atom. The number of carbonyl (C=O) groups is 3. The number of rotatable bonds is 4. The van der Waals surface area contributed by atoms with Crippen molar-refractivity contribution in [3.8, 4) is 0 Å². The number of amides is 3. The van der Waals surface area contributed by atoms with Crippen LogP contribution in [-0.4, -0.2) is 67.1 Å². The first kappa shape index (κ1) is 17.9. The quantitative estimate of drug-likeness (QED) is 0.721. The Morgan fingerprint density at radius 2 is 2.04 bits per heavy atom. The summed E-state index contributed by atoms with van der Waals surface area (Å²) in [6, 6.07) is 4.30. The van der Waals surface area contributed by atoms with Crippen LogP contribution in [0.3, 0.4) is 0 Å². The first-order chi connectivity index (χ1) is 11.7. The molecule has 25 heavy (non-hydrogen) atoms. The molecule has 7 nitrogen and oxygen atoms in total. The highest BCUT2D eigenvalue weighted by Gasteiger charge is 2.38. The van der Waals surface area contributed by atoms with Crippen molar-refractivity contribution in [3.05, 3.63) is 34.3 Å². The van der Waals surface area contributed by atoms with E-state index in [1.807, 2.05) is 0 Å². The van der Waals surface area contributed by atoms with Gasteiger partial charge in [-0.15, -0.1) is 0 Å². The van der Waals surface area contributed by atoms with Crippen LogP contribution in [-0.2, 0) is 14.6 Å². The molecule has 2 aliphatic heterocycles. The summed E-state index contributed by atoms with van der Waals surface area (Å²) < 4.78 is 23.1. The predicted molar refractivity (Wildman–Crippen MR) is 91.3 cm³/mol. The number of hydrogen-bond donors (Lipinski definition) is 0. The zero-order valence-corrected chi connectivity index (χ0v) is 15.1. The lowest BCUT2D eigenvalue weighted by Crippen LogP contribution is -2.40. The van der Waals surface area contributed by atoms with Crippen molar-refractivity contribution < 1.29 is 22.8 Å². The zero-order chi connectivity index (χ0) is 18.4.